The fourth-order valence-corrected chi connectivity index (χ4v) is 2.67. The SMILES string of the molecule is COc1cccc(C(=O)Oc2ccc(C(=O)/C=C/c3ccccc3OC)cc2)c1. The molecular weight excluding hydrogens is 368 g/mol. The van der Waals surface area contributed by atoms with Crippen molar-refractivity contribution in [2.24, 2.45) is 0 Å². The number of ketones is 1. The van der Waals surface area contributed by atoms with Crippen LogP contribution in [0.3, 0.4) is 0 Å². The molecule has 0 saturated carbocycles. The van der Waals surface area contributed by atoms with Crippen LogP contribution in [-0.2, 0) is 0 Å². The fraction of sp³-hybridized carbons (Fsp3) is 0.0833. The number of esters is 1. The summed E-state index contributed by atoms with van der Waals surface area (Å²) in [7, 11) is 3.11. The quantitative estimate of drug-likeness (QED) is 0.251. The van der Waals surface area contributed by atoms with E-state index in [0.717, 1.165) is 5.56 Å². The number of ether oxygens (including phenoxy) is 3. The van der Waals surface area contributed by atoms with Crippen molar-refractivity contribution in [2.75, 3.05) is 14.2 Å². The molecule has 5 heteroatoms. The van der Waals surface area contributed by atoms with Crippen molar-refractivity contribution in [3.63, 3.8) is 0 Å². The minimum absolute atomic E-state index is 0.165. The Kier molecular flexibility index (Phi) is 6.43. The normalized spacial score (nSPS) is 10.6. The molecule has 0 atom stereocenters. The molecule has 0 aliphatic heterocycles. The van der Waals surface area contributed by atoms with Gasteiger partial charge in [0, 0.05) is 11.1 Å². The highest BCUT2D eigenvalue weighted by Gasteiger charge is 2.10. The van der Waals surface area contributed by atoms with E-state index in [0.29, 0.717) is 28.4 Å². The second-order valence-corrected chi connectivity index (χ2v) is 6.09. The summed E-state index contributed by atoms with van der Waals surface area (Å²) in [5, 5.41) is 0. The van der Waals surface area contributed by atoms with Crippen LogP contribution in [0, 0.1) is 0 Å². The van der Waals surface area contributed by atoms with E-state index in [1.807, 2.05) is 24.3 Å². The zero-order chi connectivity index (χ0) is 20.6. The molecule has 0 spiro atoms. The van der Waals surface area contributed by atoms with Gasteiger partial charge in [0.05, 0.1) is 19.8 Å². The zero-order valence-electron chi connectivity index (χ0n) is 16.1. The maximum absolute atomic E-state index is 12.4. The van der Waals surface area contributed by atoms with E-state index in [4.69, 9.17) is 14.2 Å². The first-order chi connectivity index (χ1) is 14.1. The number of para-hydroxylation sites is 1. The van der Waals surface area contributed by atoms with Crippen LogP contribution in [0.2, 0.25) is 0 Å². The minimum Gasteiger partial charge on any atom is -0.497 e. The first kappa shape index (κ1) is 19.9. The van der Waals surface area contributed by atoms with Crippen LogP contribution >= 0.6 is 0 Å². The van der Waals surface area contributed by atoms with Gasteiger partial charge in [0.2, 0.25) is 0 Å². The molecule has 0 heterocycles. The van der Waals surface area contributed by atoms with Gasteiger partial charge in [-0.25, -0.2) is 4.79 Å². The molecule has 0 radical (unpaired) electrons. The van der Waals surface area contributed by atoms with E-state index in [-0.39, 0.29) is 5.78 Å². The highest BCUT2D eigenvalue weighted by molar-refractivity contribution is 6.07. The molecule has 0 fully saturated rings. The third-order valence-corrected chi connectivity index (χ3v) is 4.21. The number of benzene rings is 3. The molecule has 3 aromatic carbocycles. The molecule has 29 heavy (non-hydrogen) atoms. The first-order valence-corrected chi connectivity index (χ1v) is 8.92. The number of allylic oxidation sites excluding steroid dienone is 1. The smallest absolute Gasteiger partial charge is 0.343 e. The molecule has 146 valence electrons. The van der Waals surface area contributed by atoms with E-state index in [1.54, 1.807) is 61.7 Å². The summed E-state index contributed by atoms with van der Waals surface area (Å²) in [6.07, 6.45) is 3.19. The van der Waals surface area contributed by atoms with Crippen LogP contribution in [0.1, 0.15) is 26.3 Å². The average Bonchev–Trinajstić information content (AvgIpc) is 2.78. The van der Waals surface area contributed by atoms with Crippen LogP contribution in [-0.4, -0.2) is 26.0 Å². The van der Waals surface area contributed by atoms with Crippen molar-refractivity contribution in [3.8, 4) is 17.2 Å². The van der Waals surface area contributed by atoms with Gasteiger partial charge >= 0.3 is 5.97 Å². The maximum Gasteiger partial charge on any atom is 0.343 e. The number of rotatable bonds is 7. The average molecular weight is 388 g/mol. The predicted octanol–water partition coefficient (Wildman–Crippen LogP) is 4.82. The maximum atomic E-state index is 12.4. The Balaban J connectivity index is 1.67. The van der Waals surface area contributed by atoms with Gasteiger partial charge in [0.1, 0.15) is 17.2 Å². The van der Waals surface area contributed by atoms with Gasteiger partial charge in [0.15, 0.2) is 5.78 Å². The number of methoxy groups -OCH3 is 2. The fourth-order valence-electron chi connectivity index (χ4n) is 2.67. The van der Waals surface area contributed by atoms with Gasteiger partial charge in [-0.2, -0.15) is 0 Å². The standard InChI is InChI=1S/C24H20O5/c1-27-21-8-5-7-19(16-21)24(26)29-20-13-10-17(11-14-20)22(25)15-12-18-6-3-4-9-23(18)28-2/h3-16H,1-2H3/b15-12+. The van der Waals surface area contributed by atoms with Crippen LogP contribution < -0.4 is 14.2 Å². The van der Waals surface area contributed by atoms with Gasteiger partial charge in [0.25, 0.3) is 0 Å². The van der Waals surface area contributed by atoms with Crippen molar-refractivity contribution in [2.45, 2.75) is 0 Å². The summed E-state index contributed by atoms with van der Waals surface area (Å²) in [5.74, 6) is 0.947. The zero-order valence-corrected chi connectivity index (χ0v) is 16.1. The lowest BCUT2D eigenvalue weighted by Crippen LogP contribution is -2.08. The summed E-state index contributed by atoms with van der Waals surface area (Å²) < 4.78 is 15.7. The molecule has 0 aliphatic rings. The Bertz CT molecular complexity index is 1040. The van der Waals surface area contributed by atoms with Crippen LogP contribution in [0.25, 0.3) is 6.08 Å². The summed E-state index contributed by atoms with van der Waals surface area (Å²) in [6.45, 7) is 0. The van der Waals surface area contributed by atoms with E-state index >= 15 is 0 Å². The summed E-state index contributed by atoms with van der Waals surface area (Å²) >= 11 is 0. The molecule has 0 saturated heterocycles. The molecule has 3 rings (SSSR count). The van der Waals surface area contributed by atoms with Crippen molar-refractivity contribution in [1.29, 1.82) is 0 Å². The van der Waals surface area contributed by atoms with Gasteiger partial charge in [-0.3, -0.25) is 4.79 Å². The van der Waals surface area contributed by atoms with Crippen molar-refractivity contribution in [3.05, 3.63) is 95.6 Å². The molecule has 0 aromatic heterocycles. The van der Waals surface area contributed by atoms with Crippen LogP contribution in [0.15, 0.2) is 78.9 Å². The third-order valence-electron chi connectivity index (χ3n) is 4.21. The molecule has 5 nitrogen and oxygen atoms in total. The van der Waals surface area contributed by atoms with Crippen molar-refractivity contribution in [1.82, 2.24) is 0 Å². The molecule has 0 N–H and O–H groups in total. The highest BCUT2D eigenvalue weighted by Crippen LogP contribution is 2.20. The Labute approximate surface area is 169 Å². The first-order valence-electron chi connectivity index (χ1n) is 8.92. The lowest BCUT2D eigenvalue weighted by Gasteiger charge is -2.06. The monoisotopic (exact) mass is 388 g/mol. The third kappa shape index (κ3) is 5.11. The Morgan fingerprint density at radius 2 is 1.52 bits per heavy atom. The largest absolute Gasteiger partial charge is 0.497 e. The molecule has 0 unspecified atom stereocenters. The van der Waals surface area contributed by atoms with Gasteiger partial charge < -0.3 is 14.2 Å². The molecule has 0 amide bonds. The molecule has 3 aromatic rings. The van der Waals surface area contributed by atoms with E-state index in [2.05, 4.69) is 0 Å². The lowest BCUT2D eigenvalue weighted by atomic mass is 10.1. The van der Waals surface area contributed by atoms with Gasteiger partial charge in [-0.05, 0) is 60.7 Å². The number of hydrogen-bond acceptors (Lipinski definition) is 5. The van der Waals surface area contributed by atoms with Crippen molar-refractivity contribution >= 4 is 17.8 Å². The summed E-state index contributed by atoms with van der Waals surface area (Å²) in [5.41, 5.74) is 1.67. The van der Waals surface area contributed by atoms with Crippen LogP contribution in [0.5, 0.6) is 17.2 Å². The van der Waals surface area contributed by atoms with E-state index in [1.165, 1.54) is 13.2 Å². The minimum atomic E-state index is -0.501. The summed E-state index contributed by atoms with van der Waals surface area (Å²) in [4.78, 5) is 24.6. The van der Waals surface area contributed by atoms with E-state index in [9.17, 15) is 9.59 Å². The van der Waals surface area contributed by atoms with Crippen LogP contribution in [0.4, 0.5) is 0 Å². The molecule has 0 aliphatic carbocycles. The van der Waals surface area contributed by atoms with Gasteiger partial charge in [-0.15, -0.1) is 0 Å². The summed E-state index contributed by atoms with van der Waals surface area (Å²) in [6, 6.07) is 20.5. The van der Waals surface area contributed by atoms with Gasteiger partial charge in [-0.1, -0.05) is 24.3 Å². The van der Waals surface area contributed by atoms with Crippen molar-refractivity contribution < 1.29 is 23.8 Å². The molecule has 0 bridgehead atoms. The Hall–Kier alpha value is -3.86. The number of carbonyl (C=O) groups is 2. The molecular formula is C24H20O5. The lowest BCUT2D eigenvalue weighted by molar-refractivity contribution is 0.0734. The Morgan fingerprint density at radius 3 is 2.24 bits per heavy atom. The topological polar surface area (TPSA) is 61.8 Å². The van der Waals surface area contributed by atoms with E-state index < -0.39 is 5.97 Å². The predicted molar refractivity (Wildman–Crippen MR) is 111 cm³/mol. The number of hydrogen-bond donors (Lipinski definition) is 0. The second kappa shape index (κ2) is 9.37. The second-order valence-electron chi connectivity index (χ2n) is 6.09. The highest BCUT2D eigenvalue weighted by atomic mass is 16.5. The number of carbonyl (C=O) groups excluding carboxylic acids is 2. The Morgan fingerprint density at radius 1 is 0.759 bits per heavy atom.